The van der Waals surface area contributed by atoms with Crippen molar-refractivity contribution < 1.29 is 9.90 Å². The molecule has 108 valence electrons. The van der Waals surface area contributed by atoms with Crippen LogP contribution in [-0.4, -0.2) is 34.7 Å². The highest BCUT2D eigenvalue weighted by atomic mass is 32.2. The van der Waals surface area contributed by atoms with E-state index in [9.17, 15) is 9.90 Å². The molecule has 0 aliphatic carbocycles. The fourth-order valence-electron chi connectivity index (χ4n) is 2.09. The van der Waals surface area contributed by atoms with E-state index in [0.717, 1.165) is 18.6 Å². The Hall–Kier alpha value is -0.220. The molecule has 0 fully saturated rings. The molecule has 0 aliphatic heterocycles. The third kappa shape index (κ3) is 6.64. The van der Waals surface area contributed by atoms with Crippen LogP contribution in [-0.2, 0) is 4.79 Å². The standard InChI is InChI=1S/C14H29NO2S/c1-4-7-8-11-18-12-9-10-14(5-2,13(16)17)15-6-3/h15H,4-12H2,1-3H3,(H,16,17). The summed E-state index contributed by atoms with van der Waals surface area (Å²) < 4.78 is 0. The van der Waals surface area contributed by atoms with Crippen LogP contribution in [0.15, 0.2) is 0 Å². The van der Waals surface area contributed by atoms with E-state index < -0.39 is 11.5 Å². The van der Waals surface area contributed by atoms with Crippen molar-refractivity contribution in [3.63, 3.8) is 0 Å². The van der Waals surface area contributed by atoms with Crippen LogP contribution in [0.25, 0.3) is 0 Å². The normalized spacial score (nSPS) is 14.4. The summed E-state index contributed by atoms with van der Waals surface area (Å²) in [7, 11) is 0. The largest absolute Gasteiger partial charge is 0.480 e. The second-order valence-electron chi connectivity index (χ2n) is 4.69. The van der Waals surface area contributed by atoms with Crippen molar-refractivity contribution in [2.24, 2.45) is 0 Å². The van der Waals surface area contributed by atoms with Crippen LogP contribution in [0, 0.1) is 0 Å². The molecule has 0 saturated heterocycles. The number of nitrogens with one attached hydrogen (secondary N) is 1. The highest BCUT2D eigenvalue weighted by molar-refractivity contribution is 7.99. The number of rotatable bonds is 12. The molecule has 0 saturated carbocycles. The lowest BCUT2D eigenvalue weighted by atomic mass is 9.91. The monoisotopic (exact) mass is 275 g/mol. The third-order valence-corrected chi connectivity index (χ3v) is 4.47. The maximum absolute atomic E-state index is 11.4. The lowest BCUT2D eigenvalue weighted by molar-refractivity contribution is -0.145. The van der Waals surface area contributed by atoms with E-state index in [2.05, 4.69) is 12.2 Å². The Morgan fingerprint density at radius 2 is 1.83 bits per heavy atom. The minimum absolute atomic E-state index is 0.649. The molecule has 0 aromatic rings. The quantitative estimate of drug-likeness (QED) is 0.535. The van der Waals surface area contributed by atoms with Crippen LogP contribution in [0.1, 0.15) is 59.3 Å². The molecule has 1 unspecified atom stereocenters. The second-order valence-corrected chi connectivity index (χ2v) is 5.92. The van der Waals surface area contributed by atoms with Gasteiger partial charge in [0.25, 0.3) is 0 Å². The zero-order chi connectivity index (χ0) is 13.9. The first kappa shape index (κ1) is 17.8. The topological polar surface area (TPSA) is 49.3 Å². The van der Waals surface area contributed by atoms with E-state index in [-0.39, 0.29) is 0 Å². The van der Waals surface area contributed by atoms with Crippen LogP contribution in [0.5, 0.6) is 0 Å². The Morgan fingerprint density at radius 3 is 2.33 bits per heavy atom. The van der Waals surface area contributed by atoms with Gasteiger partial charge in [-0.2, -0.15) is 11.8 Å². The van der Waals surface area contributed by atoms with Gasteiger partial charge in [-0.1, -0.05) is 33.6 Å². The SMILES string of the molecule is CCCCCSCCCC(CC)(NCC)C(=O)O. The Balaban J connectivity index is 3.86. The van der Waals surface area contributed by atoms with E-state index in [0.29, 0.717) is 13.0 Å². The predicted molar refractivity (Wildman–Crippen MR) is 80.4 cm³/mol. The van der Waals surface area contributed by atoms with Crippen molar-refractivity contribution in [3.05, 3.63) is 0 Å². The van der Waals surface area contributed by atoms with E-state index in [4.69, 9.17) is 0 Å². The third-order valence-electron chi connectivity index (χ3n) is 3.31. The smallest absolute Gasteiger partial charge is 0.323 e. The average Bonchev–Trinajstić information content (AvgIpc) is 2.36. The van der Waals surface area contributed by atoms with Crippen LogP contribution in [0.2, 0.25) is 0 Å². The summed E-state index contributed by atoms with van der Waals surface area (Å²) in [5, 5.41) is 12.5. The predicted octanol–water partition coefficient (Wildman–Crippen LogP) is 3.53. The highest BCUT2D eigenvalue weighted by Gasteiger charge is 2.34. The molecule has 0 amide bonds. The van der Waals surface area contributed by atoms with Gasteiger partial charge in [-0.25, -0.2) is 0 Å². The zero-order valence-corrected chi connectivity index (χ0v) is 12.9. The van der Waals surface area contributed by atoms with Gasteiger partial charge in [-0.15, -0.1) is 0 Å². The first-order valence-electron chi connectivity index (χ1n) is 7.19. The maximum atomic E-state index is 11.4. The molecule has 4 heteroatoms. The molecular weight excluding hydrogens is 246 g/mol. The summed E-state index contributed by atoms with van der Waals surface area (Å²) in [4.78, 5) is 11.4. The van der Waals surface area contributed by atoms with E-state index in [1.54, 1.807) is 0 Å². The molecule has 0 spiro atoms. The lowest BCUT2D eigenvalue weighted by Gasteiger charge is -2.29. The minimum Gasteiger partial charge on any atom is -0.480 e. The molecule has 0 rings (SSSR count). The molecule has 0 aromatic heterocycles. The van der Waals surface area contributed by atoms with Crippen molar-refractivity contribution in [3.8, 4) is 0 Å². The van der Waals surface area contributed by atoms with Gasteiger partial charge in [0.2, 0.25) is 0 Å². The molecule has 3 nitrogen and oxygen atoms in total. The number of carboxylic acid groups (broad SMARTS) is 1. The summed E-state index contributed by atoms with van der Waals surface area (Å²) in [5.41, 5.74) is -0.710. The van der Waals surface area contributed by atoms with Crippen molar-refractivity contribution in [2.75, 3.05) is 18.1 Å². The molecular formula is C14H29NO2S. The molecule has 0 heterocycles. The molecule has 0 radical (unpaired) electrons. The fraction of sp³-hybridized carbons (Fsp3) is 0.929. The van der Waals surface area contributed by atoms with Gasteiger partial charge >= 0.3 is 5.97 Å². The lowest BCUT2D eigenvalue weighted by Crippen LogP contribution is -2.51. The Kier molecular flexibility index (Phi) is 10.5. The van der Waals surface area contributed by atoms with Gasteiger partial charge < -0.3 is 10.4 Å². The molecule has 1 atom stereocenters. The van der Waals surface area contributed by atoms with Gasteiger partial charge in [0, 0.05) is 0 Å². The Labute approximate surface area is 116 Å². The van der Waals surface area contributed by atoms with Gasteiger partial charge in [-0.3, -0.25) is 4.79 Å². The highest BCUT2D eigenvalue weighted by Crippen LogP contribution is 2.20. The maximum Gasteiger partial charge on any atom is 0.323 e. The average molecular weight is 275 g/mol. The number of unbranched alkanes of at least 4 members (excludes halogenated alkanes) is 2. The number of carboxylic acids is 1. The van der Waals surface area contributed by atoms with Crippen LogP contribution >= 0.6 is 11.8 Å². The van der Waals surface area contributed by atoms with Crippen molar-refractivity contribution in [1.29, 1.82) is 0 Å². The minimum atomic E-state index is -0.710. The summed E-state index contributed by atoms with van der Waals surface area (Å²) in [5.74, 6) is 1.58. The summed E-state index contributed by atoms with van der Waals surface area (Å²) >= 11 is 1.95. The van der Waals surface area contributed by atoms with Gasteiger partial charge in [0.1, 0.15) is 5.54 Å². The van der Waals surface area contributed by atoms with Crippen LogP contribution in [0.3, 0.4) is 0 Å². The molecule has 0 aromatic carbocycles. The molecule has 18 heavy (non-hydrogen) atoms. The van der Waals surface area contributed by atoms with E-state index >= 15 is 0 Å². The summed E-state index contributed by atoms with van der Waals surface area (Å²) in [6, 6.07) is 0. The Bertz CT molecular complexity index is 224. The number of aliphatic carboxylic acids is 1. The first-order chi connectivity index (χ1) is 8.63. The van der Waals surface area contributed by atoms with Crippen molar-refractivity contribution in [2.45, 2.75) is 64.8 Å². The van der Waals surface area contributed by atoms with E-state index in [1.807, 2.05) is 25.6 Å². The van der Waals surface area contributed by atoms with Gasteiger partial charge in [0.05, 0.1) is 0 Å². The van der Waals surface area contributed by atoms with Crippen molar-refractivity contribution in [1.82, 2.24) is 5.32 Å². The molecule has 2 N–H and O–H groups in total. The van der Waals surface area contributed by atoms with Crippen LogP contribution in [0.4, 0.5) is 0 Å². The molecule has 0 aliphatic rings. The molecule has 0 bridgehead atoms. The number of carbonyl (C=O) groups is 1. The van der Waals surface area contributed by atoms with E-state index in [1.165, 1.54) is 25.0 Å². The first-order valence-corrected chi connectivity index (χ1v) is 8.34. The number of likely N-dealkylation sites (N-methyl/N-ethyl adjacent to an activating group) is 1. The number of hydrogen-bond acceptors (Lipinski definition) is 3. The van der Waals surface area contributed by atoms with Crippen LogP contribution < -0.4 is 5.32 Å². The number of hydrogen-bond donors (Lipinski definition) is 2. The zero-order valence-electron chi connectivity index (χ0n) is 12.1. The summed E-state index contributed by atoms with van der Waals surface area (Å²) in [6.45, 7) is 6.84. The van der Waals surface area contributed by atoms with Crippen molar-refractivity contribution >= 4 is 17.7 Å². The second kappa shape index (κ2) is 10.7. The van der Waals surface area contributed by atoms with Gasteiger partial charge in [-0.05, 0) is 43.7 Å². The fourth-order valence-corrected chi connectivity index (χ4v) is 3.06. The summed E-state index contributed by atoms with van der Waals surface area (Å²) in [6.07, 6.45) is 6.21. The van der Waals surface area contributed by atoms with Gasteiger partial charge in [0.15, 0.2) is 0 Å². The number of thioether (sulfide) groups is 1. The Morgan fingerprint density at radius 1 is 1.17 bits per heavy atom.